The van der Waals surface area contributed by atoms with Crippen LogP contribution in [0.1, 0.15) is 21.9 Å². The van der Waals surface area contributed by atoms with Gasteiger partial charge in [0.05, 0.1) is 11.3 Å². The number of hydrogen-bond donors (Lipinski definition) is 1. The number of amides is 1. The van der Waals surface area contributed by atoms with Crippen molar-refractivity contribution in [2.24, 2.45) is 0 Å². The Morgan fingerprint density at radius 3 is 2.50 bits per heavy atom. The number of alkyl halides is 3. The summed E-state index contributed by atoms with van der Waals surface area (Å²) in [5, 5.41) is 2.22. The molecule has 30 heavy (non-hydrogen) atoms. The van der Waals surface area contributed by atoms with Crippen molar-refractivity contribution in [2.75, 3.05) is 24.3 Å². The summed E-state index contributed by atoms with van der Waals surface area (Å²) >= 11 is 0. The van der Waals surface area contributed by atoms with Gasteiger partial charge in [0.15, 0.2) is 17.3 Å². The fourth-order valence-electron chi connectivity index (χ4n) is 2.63. The first kappa shape index (κ1) is 21.2. The predicted molar refractivity (Wildman–Crippen MR) is 103 cm³/mol. The molecule has 0 radical (unpaired) electrons. The number of hydrogen-bond acceptors (Lipinski definition) is 4. The molecule has 1 N–H and O–H groups in total. The van der Waals surface area contributed by atoms with Crippen LogP contribution in [0.2, 0.25) is 0 Å². The van der Waals surface area contributed by atoms with Gasteiger partial charge in [-0.2, -0.15) is 13.2 Å². The lowest BCUT2D eigenvalue weighted by Crippen LogP contribution is -2.17. The van der Waals surface area contributed by atoms with E-state index in [0.29, 0.717) is 5.69 Å². The first-order valence-electron chi connectivity index (χ1n) is 8.81. The van der Waals surface area contributed by atoms with Crippen LogP contribution >= 0.6 is 0 Å². The Hall–Kier alpha value is -3.49. The lowest BCUT2D eigenvalue weighted by atomic mass is 10.1. The minimum Gasteiger partial charge on any atom is -0.483 e. The van der Waals surface area contributed by atoms with Gasteiger partial charge in [0.25, 0.3) is 5.91 Å². The van der Waals surface area contributed by atoms with E-state index in [2.05, 4.69) is 5.32 Å². The number of anilines is 2. The summed E-state index contributed by atoms with van der Waals surface area (Å²) in [4.78, 5) is 13.9. The maximum atomic E-state index is 13.6. The van der Waals surface area contributed by atoms with Crippen molar-refractivity contribution in [2.45, 2.75) is 12.8 Å². The number of carbonyl (C=O) groups is 1. The van der Waals surface area contributed by atoms with Crippen molar-refractivity contribution in [1.82, 2.24) is 0 Å². The van der Waals surface area contributed by atoms with Crippen LogP contribution in [0.25, 0.3) is 0 Å². The normalized spacial score (nSPS) is 11.3. The van der Waals surface area contributed by atoms with Crippen molar-refractivity contribution >= 4 is 17.3 Å². The molecule has 0 atom stereocenters. The number of para-hydroxylation sites is 1. The topological polar surface area (TPSA) is 54.7 Å². The molecule has 0 aliphatic rings. The maximum Gasteiger partial charge on any atom is 0.418 e. The molecule has 1 amide bonds. The number of carbonyl (C=O) groups excluding carboxylic acids is 1. The number of rotatable bonds is 6. The third-order valence-corrected chi connectivity index (χ3v) is 4.17. The standard InChI is InChI=1S/C21H18F4N2O3/c1-27(2)13-7-9-17(15(11-13)21(23,24)25)26-20(28)19-10-8-14(30-19)12-29-18-6-4-3-5-16(18)22/h3-11H,12H2,1-2H3,(H,26,28). The third kappa shape index (κ3) is 4.91. The first-order chi connectivity index (χ1) is 14.1. The SMILES string of the molecule is CN(C)c1ccc(NC(=O)c2ccc(COc3ccccc3F)o2)c(C(F)(F)F)c1. The van der Waals surface area contributed by atoms with Crippen LogP contribution in [0, 0.1) is 5.82 Å². The van der Waals surface area contributed by atoms with E-state index in [0.717, 1.165) is 6.07 Å². The Balaban J connectivity index is 1.73. The van der Waals surface area contributed by atoms with Gasteiger partial charge in [-0.05, 0) is 42.5 Å². The molecule has 0 spiro atoms. The number of ether oxygens (including phenoxy) is 1. The largest absolute Gasteiger partial charge is 0.483 e. The zero-order valence-electron chi connectivity index (χ0n) is 16.1. The van der Waals surface area contributed by atoms with Crippen molar-refractivity contribution in [3.8, 4) is 5.75 Å². The zero-order chi connectivity index (χ0) is 21.9. The Bertz CT molecular complexity index is 1040. The van der Waals surface area contributed by atoms with Gasteiger partial charge in [-0.15, -0.1) is 0 Å². The van der Waals surface area contributed by atoms with E-state index >= 15 is 0 Å². The quantitative estimate of drug-likeness (QED) is 0.546. The fraction of sp³-hybridized carbons (Fsp3) is 0.190. The highest BCUT2D eigenvalue weighted by Gasteiger charge is 2.34. The molecular weight excluding hydrogens is 404 g/mol. The highest BCUT2D eigenvalue weighted by atomic mass is 19.4. The van der Waals surface area contributed by atoms with Gasteiger partial charge in [0.1, 0.15) is 12.4 Å². The Kier molecular flexibility index (Phi) is 6.00. The molecule has 0 bridgehead atoms. The van der Waals surface area contributed by atoms with Crippen molar-refractivity contribution < 1.29 is 31.5 Å². The highest BCUT2D eigenvalue weighted by Crippen LogP contribution is 2.37. The van der Waals surface area contributed by atoms with Crippen molar-refractivity contribution in [3.05, 3.63) is 77.5 Å². The van der Waals surface area contributed by atoms with Crippen LogP contribution < -0.4 is 15.0 Å². The monoisotopic (exact) mass is 422 g/mol. The van der Waals surface area contributed by atoms with Crippen LogP contribution in [-0.2, 0) is 12.8 Å². The second kappa shape index (κ2) is 8.48. The van der Waals surface area contributed by atoms with E-state index < -0.39 is 29.2 Å². The molecule has 9 heteroatoms. The Morgan fingerprint density at radius 1 is 1.10 bits per heavy atom. The van der Waals surface area contributed by atoms with Gasteiger partial charge < -0.3 is 19.4 Å². The molecule has 3 rings (SSSR count). The molecule has 0 aliphatic heterocycles. The van der Waals surface area contributed by atoms with E-state index in [-0.39, 0.29) is 23.9 Å². The molecule has 0 fully saturated rings. The van der Waals surface area contributed by atoms with Crippen LogP contribution in [-0.4, -0.2) is 20.0 Å². The van der Waals surface area contributed by atoms with Crippen LogP contribution in [0.4, 0.5) is 28.9 Å². The van der Waals surface area contributed by atoms with E-state index in [9.17, 15) is 22.4 Å². The van der Waals surface area contributed by atoms with E-state index in [4.69, 9.17) is 9.15 Å². The molecule has 0 unspecified atom stereocenters. The number of furan rings is 1. The maximum absolute atomic E-state index is 13.6. The van der Waals surface area contributed by atoms with Gasteiger partial charge in [0, 0.05) is 19.8 Å². The van der Waals surface area contributed by atoms with Gasteiger partial charge >= 0.3 is 6.18 Å². The van der Waals surface area contributed by atoms with Crippen LogP contribution in [0.3, 0.4) is 0 Å². The second-order valence-electron chi connectivity index (χ2n) is 6.56. The minimum atomic E-state index is -4.66. The fourth-order valence-corrected chi connectivity index (χ4v) is 2.63. The molecule has 3 aromatic rings. The number of halogens is 4. The summed E-state index contributed by atoms with van der Waals surface area (Å²) in [5.74, 6) is -1.39. The summed E-state index contributed by atoms with van der Waals surface area (Å²) in [6.07, 6.45) is -4.66. The number of nitrogens with one attached hydrogen (secondary N) is 1. The lowest BCUT2D eigenvalue weighted by molar-refractivity contribution is -0.136. The summed E-state index contributed by atoms with van der Waals surface area (Å²) < 4.78 is 64.4. The average molecular weight is 422 g/mol. The molecular formula is C21H18F4N2O3. The summed E-state index contributed by atoms with van der Waals surface area (Å²) in [7, 11) is 3.23. The third-order valence-electron chi connectivity index (χ3n) is 4.17. The minimum absolute atomic E-state index is 0.00991. The molecule has 0 aliphatic carbocycles. The lowest BCUT2D eigenvalue weighted by Gasteiger charge is -2.18. The predicted octanol–water partition coefficient (Wildman–Crippen LogP) is 5.33. The molecule has 158 valence electrons. The van der Waals surface area contributed by atoms with E-state index in [1.165, 1.54) is 47.4 Å². The van der Waals surface area contributed by atoms with E-state index in [1.807, 2.05) is 0 Å². The van der Waals surface area contributed by atoms with Gasteiger partial charge in [0.2, 0.25) is 0 Å². The average Bonchev–Trinajstić information content (AvgIpc) is 3.16. The Labute approximate surface area is 169 Å². The van der Waals surface area contributed by atoms with Crippen molar-refractivity contribution in [1.29, 1.82) is 0 Å². The first-order valence-corrected chi connectivity index (χ1v) is 8.81. The number of benzene rings is 2. The van der Waals surface area contributed by atoms with Gasteiger partial charge in [-0.3, -0.25) is 4.79 Å². The smallest absolute Gasteiger partial charge is 0.418 e. The number of nitrogens with zero attached hydrogens (tertiary/aromatic N) is 1. The molecule has 0 saturated carbocycles. The second-order valence-corrected chi connectivity index (χ2v) is 6.56. The molecule has 0 saturated heterocycles. The van der Waals surface area contributed by atoms with Gasteiger partial charge in [-0.1, -0.05) is 12.1 Å². The van der Waals surface area contributed by atoms with Gasteiger partial charge in [-0.25, -0.2) is 4.39 Å². The van der Waals surface area contributed by atoms with Crippen LogP contribution in [0.5, 0.6) is 5.75 Å². The molecule has 1 heterocycles. The summed E-state index contributed by atoms with van der Waals surface area (Å²) in [6, 6.07) is 12.1. The molecule has 2 aromatic carbocycles. The summed E-state index contributed by atoms with van der Waals surface area (Å²) in [6.45, 7) is -0.153. The van der Waals surface area contributed by atoms with E-state index in [1.54, 1.807) is 20.2 Å². The summed E-state index contributed by atoms with van der Waals surface area (Å²) in [5.41, 5.74) is -1.03. The molecule has 1 aromatic heterocycles. The zero-order valence-corrected chi connectivity index (χ0v) is 16.1. The highest BCUT2D eigenvalue weighted by molar-refractivity contribution is 6.02. The van der Waals surface area contributed by atoms with Crippen molar-refractivity contribution in [3.63, 3.8) is 0 Å². The Morgan fingerprint density at radius 2 is 1.83 bits per heavy atom. The molecule has 5 nitrogen and oxygen atoms in total. The van der Waals surface area contributed by atoms with Crippen LogP contribution in [0.15, 0.2) is 59.0 Å².